The lowest BCUT2D eigenvalue weighted by atomic mass is 9.91. The van der Waals surface area contributed by atoms with Crippen LogP contribution in [-0.2, 0) is 6.42 Å². The van der Waals surface area contributed by atoms with Crippen LogP contribution in [0.15, 0.2) is 77.2 Å². The van der Waals surface area contributed by atoms with Gasteiger partial charge in [-0.15, -0.1) is 10.2 Å². The van der Waals surface area contributed by atoms with Crippen LogP contribution in [-0.4, -0.2) is 10.2 Å². The molecule has 0 saturated carbocycles. The maximum atomic E-state index is 6.08. The summed E-state index contributed by atoms with van der Waals surface area (Å²) in [7, 11) is 0. The summed E-state index contributed by atoms with van der Waals surface area (Å²) in [6, 6.07) is 22.8. The van der Waals surface area contributed by atoms with Crippen molar-refractivity contribution in [2.24, 2.45) is 0 Å². The van der Waals surface area contributed by atoms with E-state index in [9.17, 15) is 0 Å². The first-order valence-electron chi connectivity index (χ1n) is 8.50. The van der Waals surface area contributed by atoms with Crippen LogP contribution >= 0.6 is 0 Å². The molecular weight excluding hydrogens is 308 g/mol. The molecule has 0 fully saturated rings. The lowest BCUT2D eigenvalue weighted by Crippen LogP contribution is -2.00. The molecule has 0 unspecified atom stereocenters. The molecule has 0 bridgehead atoms. The van der Waals surface area contributed by atoms with Gasteiger partial charge in [-0.2, -0.15) is 0 Å². The van der Waals surface area contributed by atoms with Crippen molar-refractivity contribution in [1.82, 2.24) is 10.2 Å². The average molecular weight is 324 g/mol. The van der Waals surface area contributed by atoms with Crippen molar-refractivity contribution < 1.29 is 4.42 Å². The van der Waals surface area contributed by atoms with Crippen molar-refractivity contribution in [3.05, 3.63) is 89.8 Å². The molecule has 120 valence electrons. The van der Waals surface area contributed by atoms with Gasteiger partial charge in [0.15, 0.2) is 0 Å². The Morgan fingerprint density at radius 3 is 2.48 bits per heavy atom. The Hall–Kier alpha value is -3.20. The van der Waals surface area contributed by atoms with E-state index in [2.05, 4.69) is 58.7 Å². The molecular formula is C22H16N2O. The van der Waals surface area contributed by atoms with Gasteiger partial charge in [-0.1, -0.05) is 66.7 Å². The topological polar surface area (TPSA) is 38.9 Å². The Morgan fingerprint density at radius 1 is 0.720 bits per heavy atom. The van der Waals surface area contributed by atoms with E-state index in [1.807, 2.05) is 24.3 Å². The Balaban J connectivity index is 1.62. The molecule has 4 aromatic rings. The van der Waals surface area contributed by atoms with Gasteiger partial charge < -0.3 is 4.42 Å². The highest BCUT2D eigenvalue weighted by Crippen LogP contribution is 2.33. The summed E-state index contributed by atoms with van der Waals surface area (Å²) in [5, 5.41) is 11.0. The van der Waals surface area contributed by atoms with Gasteiger partial charge in [0, 0.05) is 11.1 Å². The van der Waals surface area contributed by atoms with Crippen molar-refractivity contribution in [1.29, 1.82) is 0 Å². The lowest BCUT2D eigenvalue weighted by Gasteiger charge is -2.14. The number of rotatable bonds is 2. The first kappa shape index (κ1) is 14.2. The largest absolute Gasteiger partial charge is 0.416 e. The predicted octanol–water partition coefficient (Wildman–Crippen LogP) is 5.27. The zero-order chi connectivity index (χ0) is 16.6. The molecule has 5 rings (SSSR count). The summed E-state index contributed by atoms with van der Waals surface area (Å²) in [5.74, 6) is 1.16. The standard InChI is InChI=1S/C22H16N2O/c1-3-11-17-15(7-1)9-5-13-19(17)21-23-24-22(25-21)20-14-6-10-16-8-2-4-12-18(16)20/h1-5,7-9,11-14H,6,10H2. The van der Waals surface area contributed by atoms with Crippen LogP contribution in [0.4, 0.5) is 0 Å². The van der Waals surface area contributed by atoms with E-state index in [1.54, 1.807) is 0 Å². The van der Waals surface area contributed by atoms with E-state index in [1.165, 1.54) is 16.5 Å². The Labute approximate surface area is 145 Å². The molecule has 0 aliphatic heterocycles. The third-order valence-electron chi connectivity index (χ3n) is 4.75. The van der Waals surface area contributed by atoms with E-state index in [0.29, 0.717) is 11.8 Å². The van der Waals surface area contributed by atoms with E-state index in [0.717, 1.165) is 29.4 Å². The third-order valence-corrected chi connectivity index (χ3v) is 4.75. The Kier molecular flexibility index (Phi) is 3.23. The van der Waals surface area contributed by atoms with E-state index < -0.39 is 0 Å². The van der Waals surface area contributed by atoms with E-state index >= 15 is 0 Å². The van der Waals surface area contributed by atoms with Crippen molar-refractivity contribution in [3.8, 4) is 11.5 Å². The molecule has 0 N–H and O–H groups in total. The van der Waals surface area contributed by atoms with Crippen LogP contribution < -0.4 is 0 Å². The fourth-order valence-electron chi connectivity index (χ4n) is 3.54. The average Bonchev–Trinajstić information content (AvgIpc) is 3.17. The number of aryl methyl sites for hydroxylation is 1. The minimum atomic E-state index is 0.566. The van der Waals surface area contributed by atoms with Gasteiger partial charge >= 0.3 is 0 Å². The Morgan fingerprint density at radius 2 is 1.48 bits per heavy atom. The number of allylic oxidation sites excluding steroid dienone is 1. The van der Waals surface area contributed by atoms with E-state index in [4.69, 9.17) is 4.42 Å². The van der Waals surface area contributed by atoms with Gasteiger partial charge in [-0.05, 0) is 40.8 Å². The number of nitrogens with zero attached hydrogens (tertiary/aromatic N) is 2. The smallest absolute Gasteiger partial charge is 0.248 e. The minimum absolute atomic E-state index is 0.566. The van der Waals surface area contributed by atoms with Crippen LogP contribution in [0.25, 0.3) is 27.8 Å². The molecule has 3 aromatic carbocycles. The third kappa shape index (κ3) is 2.36. The zero-order valence-electron chi connectivity index (χ0n) is 13.6. The molecule has 0 radical (unpaired) electrons. The van der Waals surface area contributed by atoms with Gasteiger partial charge in [0.25, 0.3) is 0 Å². The van der Waals surface area contributed by atoms with Crippen molar-refractivity contribution in [2.45, 2.75) is 12.8 Å². The van der Waals surface area contributed by atoms with Crippen LogP contribution in [0, 0.1) is 0 Å². The van der Waals surface area contributed by atoms with E-state index in [-0.39, 0.29) is 0 Å². The number of benzene rings is 3. The summed E-state index contributed by atoms with van der Waals surface area (Å²) in [5.41, 5.74) is 4.55. The fourth-order valence-corrected chi connectivity index (χ4v) is 3.54. The van der Waals surface area contributed by atoms with Gasteiger partial charge in [-0.3, -0.25) is 0 Å². The molecule has 25 heavy (non-hydrogen) atoms. The highest BCUT2D eigenvalue weighted by molar-refractivity contribution is 5.94. The molecule has 1 aliphatic rings. The minimum Gasteiger partial charge on any atom is -0.416 e. The van der Waals surface area contributed by atoms with Crippen LogP contribution in [0.5, 0.6) is 0 Å². The molecule has 0 amide bonds. The second-order valence-corrected chi connectivity index (χ2v) is 6.25. The molecule has 1 heterocycles. The number of hydrogen-bond donors (Lipinski definition) is 0. The number of hydrogen-bond acceptors (Lipinski definition) is 3. The maximum absolute atomic E-state index is 6.08. The maximum Gasteiger partial charge on any atom is 0.248 e. The van der Waals surface area contributed by atoms with Crippen molar-refractivity contribution >= 4 is 16.3 Å². The van der Waals surface area contributed by atoms with Crippen molar-refractivity contribution in [3.63, 3.8) is 0 Å². The predicted molar refractivity (Wildman–Crippen MR) is 99.1 cm³/mol. The van der Waals surface area contributed by atoms with Crippen molar-refractivity contribution in [2.75, 3.05) is 0 Å². The van der Waals surface area contributed by atoms with Gasteiger partial charge in [-0.25, -0.2) is 0 Å². The zero-order valence-corrected chi connectivity index (χ0v) is 13.6. The number of fused-ring (bicyclic) bond motifs is 2. The first-order chi connectivity index (χ1) is 12.4. The molecule has 0 saturated heterocycles. The monoisotopic (exact) mass is 324 g/mol. The molecule has 0 spiro atoms. The summed E-state index contributed by atoms with van der Waals surface area (Å²) >= 11 is 0. The highest BCUT2D eigenvalue weighted by Gasteiger charge is 2.19. The van der Waals surface area contributed by atoms with Gasteiger partial charge in [0.1, 0.15) is 0 Å². The Bertz CT molecular complexity index is 1100. The molecule has 1 aromatic heterocycles. The summed E-state index contributed by atoms with van der Waals surface area (Å²) in [4.78, 5) is 0. The van der Waals surface area contributed by atoms with Crippen LogP contribution in [0.1, 0.15) is 23.4 Å². The second kappa shape index (κ2) is 5.71. The SMILES string of the molecule is C1=C(c2nnc(-c3cccc4ccccc34)o2)c2ccccc2CC1. The lowest BCUT2D eigenvalue weighted by molar-refractivity contribution is 0.553. The first-order valence-corrected chi connectivity index (χ1v) is 8.50. The quantitative estimate of drug-likeness (QED) is 0.504. The number of aromatic nitrogens is 2. The normalized spacial score (nSPS) is 13.5. The molecule has 0 atom stereocenters. The van der Waals surface area contributed by atoms with Crippen LogP contribution in [0.2, 0.25) is 0 Å². The summed E-state index contributed by atoms with van der Waals surface area (Å²) in [6.07, 6.45) is 4.26. The van der Waals surface area contributed by atoms with Gasteiger partial charge in [0.05, 0.1) is 0 Å². The molecule has 3 heteroatoms. The summed E-state index contributed by atoms with van der Waals surface area (Å²) in [6.45, 7) is 0. The van der Waals surface area contributed by atoms with Gasteiger partial charge in [0.2, 0.25) is 11.8 Å². The summed E-state index contributed by atoms with van der Waals surface area (Å²) < 4.78 is 6.08. The second-order valence-electron chi connectivity index (χ2n) is 6.25. The van der Waals surface area contributed by atoms with Crippen LogP contribution in [0.3, 0.4) is 0 Å². The molecule has 3 nitrogen and oxygen atoms in total. The fraction of sp³-hybridized carbons (Fsp3) is 0.0909. The molecule has 1 aliphatic carbocycles. The highest BCUT2D eigenvalue weighted by atomic mass is 16.4.